The summed E-state index contributed by atoms with van der Waals surface area (Å²) in [5.41, 5.74) is -0.917. The Labute approximate surface area is 48.5 Å². The Kier molecular flexibility index (Phi) is 9.36. The molecule has 0 heterocycles. The summed E-state index contributed by atoms with van der Waals surface area (Å²) in [5, 5.41) is 7.38. The van der Waals surface area contributed by atoms with Gasteiger partial charge in [0.05, 0.1) is 0 Å². The van der Waals surface area contributed by atoms with E-state index in [9.17, 15) is 0 Å². The van der Waals surface area contributed by atoms with Crippen LogP contribution in [0.25, 0.3) is 0 Å². The lowest BCUT2D eigenvalue weighted by Crippen LogP contribution is -1.65. The van der Waals surface area contributed by atoms with E-state index >= 15 is 0 Å². The van der Waals surface area contributed by atoms with Crippen molar-refractivity contribution >= 4 is 23.2 Å². The summed E-state index contributed by atoms with van der Waals surface area (Å²) in [4.78, 5) is 23.2. The highest BCUT2D eigenvalue weighted by atomic mass is 31.1. The molecule has 0 saturated carbocycles. The molecule has 0 amide bonds. The monoisotopic (exact) mass is 159 g/mol. The van der Waals surface area contributed by atoms with Gasteiger partial charge in [-0.25, -0.2) is 4.79 Å². The largest absolute Gasteiger partial charge is 0.692 e. The van der Waals surface area contributed by atoms with Crippen molar-refractivity contribution in [2.45, 2.75) is 0 Å². The van der Waals surface area contributed by atoms with Crippen LogP contribution in [-0.4, -0.2) is 20.6 Å². The molecule has 1 unspecified atom stereocenters. The molecule has 0 bridgehead atoms. The number of carbonyl (C=O) groups is 1. The lowest BCUT2D eigenvalue weighted by atomic mass is 11.6. The first kappa shape index (κ1) is 10.8. The van der Waals surface area contributed by atoms with Crippen LogP contribution >= 0.6 is 17.5 Å². The van der Waals surface area contributed by atoms with E-state index in [1.54, 1.807) is 9.24 Å². The quantitative estimate of drug-likeness (QED) is 0.438. The molecule has 0 saturated heterocycles. The van der Waals surface area contributed by atoms with Gasteiger partial charge in [-0.3, -0.25) is 0 Å². The molecular weight excluding hydrogens is 154 g/mol. The summed E-state index contributed by atoms with van der Waals surface area (Å²) in [6.07, 6.45) is 0. The van der Waals surface area contributed by atoms with Crippen molar-refractivity contribution in [1.29, 1.82) is 0 Å². The highest BCUT2D eigenvalue weighted by molar-refractivity contribution is 7.38. The Bertz CT molecular complexity index is 68.4. The van der Waals surface area contributed by atoms with Crippen LogP contribution in [0.4, 0.5) is 4.79 Å². The second-order valence-corrected chi connectivity index (χ2v) is 1.59. The van der Waals surface area contributed by atoms with E-state index in [2.05, 4.69) is 0 Å². The Morgan fingerprint density at radius 2 is 1.50 bits per heavy atom. The van der Waals surface area contributed by atoms with Crippen molar-refractivity contribution in [3.8, 4) is 0 Å². The average molecular weight is 159 g/mol. The number of hydrogen-bond acceptors (Lipinski definition) is 2. The van der Waals surface area contributed by atoms with Crippen molar-refractivity contribution in [2.75, 3.05) is 0 Å². The third-order valence-corrected chi connectivity index (χ3v) is 0. The van der Waals surface area contributed by atoms with Gasteiger partial charge in [0, 0.05) is 4.57 Å². The predicted molar refractivity (Wildman–Crippen MR) is 29.8 cm³/mol. The number of carboxylic acid groups (broad SMARTS) is 1. The zero-order valence-corrected chi connectivity index (χ0v) is 5.73. The predicted octanol–water partition coefficient (Wildman–Crippen LogP) is 0.168. The molecule has 3 N–H and O–H groups in total. The third kappa shape index (κ3) is 22400. The summed E-state index contributed by atoms with van der Waals surface area (Å²) in [5.74, 6) is 0. The van der Waals surface area contributed by atoms with E-state index in [4.69, 9.17) is 24.3 Å². The van der Waals surface area contributed by atoms with Gasteiger partial charge in [0.15, 0.2) is 0 Å². The van der Waals surface area contributed by atoms with Crippen molar-refractivity contribution in [3.63, 3.8) is 0 Å². The smallest absolute Gasteiger partial charge is 0.479 e. The van der Waals surface area contributed by atoms with E-state index in [1.807, 2.05) is 0 Å². The summed E-state index contributed by atoms with van der Waals surface area (Å²) >= 11 is 0. The van der Waals surface area contributed by atoms with E-state index in [-0.39, 0.29) is 0 Å². The highest BCUT2D eigenvalue weighted by Gasteiger charge is 1.93. The first-order chi connectivity index (χ1) is 3.46. The molecule has 0 spiro atoms. The molecular formula is CH5O5P2+. The highest BCUT2D eigenvalue weighted by Crippen LogP contribution is 1.98. The minimum atomic E-state index is -2.87. The van der Waals surface area contributed by atoms with E-state index in [1.165, 1.54) is 0 Å². The Morgan fingerprint density at radius 3 is 1.50 bits per heavy atom. The molecule has 0 aliphatic carbocycles. The molecule has 8 heavy (non-hydrogen) atoms. The fourth-order valence-electron chi connectivity index (χ4n) is 0. The minimum Gasteiger partial charge on any atom is -0.479 e. The van der Waals surface area contributed by atoms with Crippen LogP contribution in [0.3, 0.4) is 0 Å². The Hall–Kier alpha value is -0.0800. The van der Waals surface area contributed by atoms with Crippen molar-refractivity contribution in [1.82, 2.24) is 0 Å². The topological polar surface area (TPSA) is 94.8 Å². The second-order valence-electron chi connectivity index (χ2n) is 0.591. The molecule has 48 valence electrons. The number of rotatable bonds is 0. The zero-order valence-electron chi connectivity index (χ0n) is 3.68. The van der Waals surface area contributed by atoms with Crippen molar-refractivity contribution in [2.24, 2.45) is 0 Å². The lowest BCUT2D eigenvalue weighted by molar-refractivity contribution is 0.222. The van der Waals surface area contributed by atoms with Gasteiger partial charge in [-0.1, -0.05) is 0 Å². The van der Waals surface area contributed by atoms with Gasteiger partial charge in [-0.15, -0.1) is 9.79 Å². The molecule has 0 aromatic heterocycles. The summed E-state index contributed by atoms with van der Waals surface area (Å²) in [6.45, 7) is 0. The van der Waals surface area contributed by atoms with Crippen LogP contribution in [0.1, 0.15) is 0 Å². The first-order valence-electron chi connectivity index (χ1n) is 1.30. The minimum absolute atomic E-state index is 0.917. The molecule has 1 atom stereocenters. The van der Waals surface area contributed by atoms with Gasteiger partial charge >= 0.3 is 14.0 Å². The van der Waals surface area contributed by atoms with Gasteiger partial charge in [0.25, 0.3) is 0 Å². The first-order valence-corrected chi connectivity index (χ1v) is 3.04. The van der Waals surface area contributed by atoms with Gasteiger partial charge in [0.1, 0.15) is 0 Å². The van der Waals surface area contributed by atoms with Gasteiger partial charge < -0.3 is 5.11 Å². The van der Waals surface area contributed by atoms with E-state index in [0.29, 0.717) is 0 Å². The molecule has 7 heteroatoms. The standard InChI is InChI=1S/CH3O2P.HO3P/c2-1(3)4;1-4(2)3/h4H2,(H,2,3);(H-,1,2,3)/p+1. The van der Waals surface area contributed by atoms with Crippen LogP contribution in [0, 0.1) is 0 Å². The van der Waals surface area contributed by atoms with Gasteiger partial charge in [0.2, 0.25) is 0 Å². The fourth-order valence-corrected chi connectivity index (χ4v) is 0. The molecule has 0 aromatic rings. The molecule has 0 aliphatic heterocycles. The fraction of sp³-hybridized carbons (Fsp3) is 0. The summed E-state index contributed by atoms with van der Waals surface area (Å²) < 4.78 is 8.70. The summed E-state index contributed by atoms with van der Waals surface area (Å²) in [6, 6.07) is 0. The van der Waals surface area contributed by atoms with Crippen molar-refractivity contribution < 1.29 is 24.3 Å². The van der Waals surface area contributed by atoms with Crippen molar-refractivity contribution in [3.05, 3.63) is 0 Å². The summed E-state index contributed by atoms with van der Waals surface area (Å²) in [7, 11) is -1.30. The third-order valence-electron chi connectivity index (χ3n) is 0. The van der Waals surface area contributed by atoms with Gasteiger partial charge in [-0.05, 0) is 9.24 Å². The Morgan fingerprint density at radius 1 is 1.50 bits per heavy atom. The molecule has 0 radical (unpaired) electrons. The number of hydrogen-bond donors (Lipinski definition) is 3. The van der Waals surface area contributed by atoms with Gasteiger partial charge in [-0.2, -0.15) is 0 Å². The van der Waals surface area contributed by atoms with E-state index < -0.39 is 14.0 Å². The van der Waals surface area contributed by atoms with Crippen LogP contribution < -0.4 is 0 Å². The van der Waals surface area contributed by atoms with E-state index in [0.717, 1.165) is 0 Å². The SMILES string of the molecule is O=C(O)P.O=[P+](O)O. The maximum absolute atomic E-state index is 8.96. The molecule has 0 aliphatic rings. The maximum Gasteiger partial charge on any atom is 0.692 e. The van der Waals surface area contributed by atoms with Crippen LogP contribution in [0.2, 0.25) is 0 Å². The average Bonchev–Trinajstić information content (AvgIpc) is 1.25. The molecule has 0 fully saturated rings. The molecule has 0 rings (SSSR count). The van der Waals surface area contributed by atoms with Crippen LogP contribution in [0.15, 0.2) is 0 Å². The zero-order chi connectivity index (χ0) is 7.15. The normalized spacial score (nSPS) is 6.38. The lowest BCUT2D eigenvalue weighted by Gasteiger charge is -1.59. The molecule has 0 aromatic carbocycles. The second kappa shape index (κ2) is 6.92. The van der Waals surface area contributed by atoms with Crippen LogP contribution in [-0.2, 0) is 4.57 Å². The Balaban J connectivity index is 0. The molecule has 5 nitrogen and oxygen atoms in total. The maximum atomic E-state index is 8.96. The van der Waals surface area contributed by atoms with Crippen LogP contribution in [0.5, 0.6) is 0 Å².